The second-order valence-corrected chi connectivity index (χ2v) is 4.68. The van der Waals surface area contributed by atoms with Crippen molar-refractivity contribution in [2.45, 2.75) is 32.7 Å². The van der Waals surface area contributed by atoms with Crippen molar-refractivity contribution >= 4 is 5.91 Å². The Morgan fingerprint density at radius 3 is 2.74 bits per heavy atom. The zero-order valence-electron chi connectivity index (χ0n) is 12.3. The molecule has 1 aromatic heterocycles. The molecule has 0 fully saturated rings. The second kappa shape index (κ2) is 6.67. The van der Waals surface area contributed by atoms with Gasteiger partial charge in [-0.05, 0) is 24.6 Å². The molecule has 0 aliphatic heterocycles. The first-order chi connectivity index (χ1) is 10.8. The van der Waals surface area contributed by atoms with Crippen LogP contribution in [0.3, 0.4) is 0 Å². The number of alkyl halides is 3. The van der Waals surface area contributed by atoms with Gasteiger partial charge in [-0.3, -0.25) is 4.79 Å². The number of nitrogens with one attached hydrogen (secondary N) is 1. The Morgan fingerprint density at radius 1 is 1.43 bits per heavy atom. The van der Waals surface area contributed by atoms with E-state index < -0.39 is 24.1 Å². The van der Waals surface area contributed by atoms with Crippen molar-refractivity contribution in [2.75, 3.05) is 0 Å². The minimum atomic E-state index is -4.82. The average Bonchev–Trinajstić information content (AvgIpc) is 2.89. The van der Waals surface area contributed by atoms with Gasteiger partial charge in [0.1, 0.15) is 5.75 Å². The molecule has 0 saturated heterocycles. The molecule has 1 heterocycles. The topological polar surface area (TPSA) is 77.2 Å². The maximum Gasteiger partial charge on any atom is 0.573 e. The van der Waals surface area contributed by atoms with Crippen LogP contribution in [0.15, 0.2) is 28.8 Å². The molecule has 0 unspecified atom stereocenters. The van der Waals surface area contributed by atoms with Crippen LogP contribution < -0.4 is 10.1 Å². The minimum absolute atomic E-state index is 0.0328. The van der Waals surface area contributed by atoms with Crippen LogP contribution in [0.4, 0.5) is 13.2 Å². The third-order valence-corrected chi connectivity index (χ3v) is 2.90. The fourth-order valence-corrected chi connectivity index (χ4v) is 1.88. The molecule has 1 N–H and O–H groups in total. The van der Waals surface area contributed by atoms with Gasteiger partial charge in [0.15, 0.2) is 5.82 Å². The van der Waals surface area contributed by atoms with Crippen LogP contribution in [0.5, 0.6) is 5.75 Å². The maximum absolute atomic E-state index is 12.2. The lowest BCUT2D eigenvalue weighted by Crippen LogP contribution is -2.29. The fraction of sp³-hybridized carbons (Fsp3) is 0.357. The van der Waals surface area contributed by atoms with Gasteiger partial charge in [0.25, 0.3) is 5.91 Å². The molecule has 0 radical (unpaired) electrons. The number of halogens is 3. The summed E-state index contributed by atoms with van der Waals surface area (Å²) in [6, 6.07) is 4.30. The van der Waals surface area contributed by atoms with Gasteiger partial charge >= 0.3 is 6.36 Å². The van der Waals surface area contributed by atoms with Crippen LogP contribution in [-0.2, 0) is 0 Å². The number of nitrogens with zero attached hydrogens (tertiary/aromatic N) is 2. The van der Waals surface area contributed by atoms with Crippen LogP contribution in [-0.4, -0.2) is 22.4 Å². The summed E-state index contributed by atoms with van der Waals surface area (Å²) in [7, 11) is 0. The number of carbonyl (C=O) groups excluding carboxylic acids is 1. The Bertz CT molecular complexity index is 685. The molecule has 2 rings (SSSR count). The molecule has 9 heteroatoms. The number of aromatic nitrogens is 2. The molecule has 0 spiro atoms. The standard InChI is InChI=1S/C14H14F3N3O3/c1-3-11(12-18-8(2)23-20-12)19-13(21)9-5-4-6-10(7-9)22-14(15,16)17/h4-7,11H,3H2,1-2H3,(H,19,21)/t11-/m1/s1. The third kappa shape index (κ3) is 4.70. The van der Waals surface area contributed by atoms with Crippen molar-refractivity contribution in [1.29, 1.82) is 0 Å². The van der Waals surface area contributed by atoms with Crippen LogP contribution in [0.1, 0.15) is 41.5 Å². The predicted octanol–water partition coefficient (Wildman–Crippen LogP) is 3.16. The summed E-state index contributed by atoms with van der Waals surface area (Å²) in [6.07, 6.45) is -4.33. The van der Waals surface area contributed by atoms with Crippen molar-refractivity contribution in [2.24, 2.45) is 0 Å². The third-order valence-electron chi connectivity index (χ3n) is 2.90. The summed E-state index contributed by atoms with van der Waals surface area (Å²) in [4.78, 5) is 16.2. The van der Waals surface area contributed by atoms with Crippen LogP contribution in [0.25, 0.3) is 0 Å². The fourth-order valence-electron chi connectivity index (χ4n) is 1.88. The van der Waals surface area contributed by atoms with E-state index in [4.69, 9.17) is 4.52 Å². The van der Waals surface area contributed by atoms with Crippen LogP contribution in [0.2, 0.25) is 0 Å². The Balaban J connectivity index is 2.12. The van der Waals surface area contributed by atoms with E-state index in [0.29, 0.717) is 18.1 Å². The summed E-state index contributed by atoms with van der Waals surface area (Å²) in [5.41, 5.74) is 0.0328. The molecule has 2 aromatic rings. The first-order valence-electron chi connectivity index (χ1n) is 6.75. The predicted molar refractivity (Wildman–Crippen MR) is 72.7 cm³/mol. The molecule has 124 valence electrons. The van der Waals surface area contributed by atoms with Crippen molar-refractivity contribution < 1.29 is 27.2 Å². The Morgan fingerprint density at radius 2 is 2.17 bits per heavy atom. The first-order valence-corrected chi connectivity index (χ1v) is 6.75. The average molecular weight is 329 g/mol. The van der Waals surface area contributed by atoms with Crippen molar-refractivity contribution in [1.82, 2.24) is 15.5 Å². The van der Waals surface area contributed by atoms with Gasteiger partial charge in [-0.15, -0.1) is 13.2 Å². The molecular formula is C14H14F3N3O3. The number of hydrogen-bond donors (Lipinski definition) is 1. The lowest BCUT2D eigenvalue weighted by atomic mass is 10.1. The van der Waals surface area contributed by atoms with Gasteiger partial charge < -0.3 is 14.6 Å². The van der Waals surface area contributed by atoms with Gasteiger partial charge in [-0.25, -0.2) is 0 Å². The van der Waals surface area contributed by atoms with E-state index in [2.05, 4.69) is 20.2 Å². The Hall–Kier alpha value is -2.58. The van der Waals surface area contributed by atoms with E-state index >= 15 is 0 Å². The first kappa shape index (κ1) is 16.8. The molecular weight excluding hydrogens is 315 g/mol. The molecule has 0 aliphatic carbocycles. The highest BCUT2D eigenvalue weighted by Gasteiger charge is 2.31. The molecule has 1 amide bonds. The van der Waals surface area contributed by atoms with Crippen molar-refractivity contribution in [3.63, 3.8) is 0 Å². The van der Waals surface area contributed by atoms with Gasteiger partial charge in [0.05, 0.1) is 6.04 Å². The quantitative estimate of drug-likeness (QED) is 0.912. The normalized spacial score (nSPS) is 12.7. The lowest BCUT2D eigenvalue weighted by Gasteiger charge is -2.14. The molecule has 23 heavy (non-hydrogen) atoms. The number of benzene rings is 1. The highest BCUT2D eigenvalue weighted by molar-refractivity contribution is 5.94. The van der Waals surface area contributed by atoms with Crippen molar-refractivity contribution in [3.8, 4) is 5.75 Å². The van der Waals surface area contributed by atoms with E-state index in [1.54, 1.807) is 13.8 Å². The summed E-state index contributed by atoms with van der Waals surface area (Å²) in [5.74, 6) is -0.366. The van der Waals surface area contributed by atoms with E-state index in [1.165, 1.54) is 12.1 Å². The maximum atomic E-state index is 12.2. The van der Waals surface area contributed by atoms with E-state index in [1.807, 2.05) is 0 Å². The van der Waals surface area contributed by atoms with Crippen LogP contribution >= 0.6 is 0 Å². The van der Waals surface area contributed by atoms with Crippen molar-refractivity contribution in [3.05, 3.63) is 41.5 Å². The summed E-state index contributed by atoms with van der Waals surface area (Å²) in [5, 5.41) is 6.37. The number of ether oxygens (including phenoxy) is 1. The number of aryl methyl sites for hydroxylation is 1. The molecule has 1 aromatic carbocycles. The van der Waals surface area contributed by atoms with Gasteiger partial charge in [-0.2, -0.15) is 4.98 Å². The van der Waals surface area contributed by atoms with E-state index in [-0.39, 0.29) is 5.56 Å². The summed E-state index contributed by atoms with van der Waals surface area (Å²) >= 11 is 0. The molecule has 6 nitrogen and oxygen atoms in total. The summed E-state index contributed by atoms with van der Waals surface area (Å²) < 4.78 is 45.3. The zero-order valence-corrected chi connectivity index (χ0v) is 12.3. The number of rotatable bonds is 5. The molecule has 0 saturated carbocycles. The lowest BCUT2D eigenvalue weighted by molar-refractivity contribution is -0.274. The van der Waals surface area contributed by atoms with E-state index in [9.17, 15) is 18.0 Å². The highest BCUT2D eigenvalue weighted by Crippen LogP contribution is 2.23. The molecule has 1 atom stereocenters. The summed E-state index contributed by atoms with van der Waals surface area (Å²) in [6.45, 7) is 3.42. The minimum Gasteiger partial charge on any atom is -0.406 e. The second-order valence-electron chi connectivity index (χ2n) is 4.68. The van der Waals surface area contributed by atoms with E-state index in [0.717, 1.165) is 12.1 Å². The zero-order chi connectivity index (χ0) is 17.0. The highest BCUT2D eigenvalue weighted by atomic mass is 19.4. The van der Waals surface area contributed by atoms with Gasteiger partial charge in [0, 0.05) is 12.5 Å². The SMILES string of the molecule is CC[C@@H](NC(=O)c1cccc(OC(F)(F)F)c1)c1noc(C)n1. The number of amides is 1. The smallest absolute Gasteiger partial charge is 0.406 e. The Kier molecular flexibility index (Phi) is 4.87. The molecule has 0 bridgehead atoms. The van der Waals surface area contributed by atoms with Gasteiger partial charge in [0.2, 0.25) is 5.89 Å². The van der Waals surface area contributed by atoms with Gasteiger partial charge in [-0.1, -0.05) is 18.1 Å². The number of carbonyl (C=O) groups is 1. The Labute approximate surface area is 129 Å². The largest absolute Gasteiger partial charge is 0.573 e. The monoisotopic (exact) mass is 329 g/mol. The molecule has 0 aliphatic rings. The van der Waals surface area contributed by atoms with Crippen LogP contribution in [0, 0.1) is 6.92 Å². The number of hydrogen-bond acceptors (Lipinski definition) is 5.